The fraction of sp³-hybridized carbons (Fsp3) is 0.333. The number of nitrogens with one attached hydrogen (secondary N) is 1. The molecule has 0 bridgehead atoms. The molecule has 7 heteroatoms. The summed E-state index contributed by atoms with van der Waals surface area (Å²) in [6, 6.07) is 11.9. The monoisotopic (exact) mass is 392 g/mol. The van der Waals surface area contributed by atoms with Crippen LogP contribution in [0.1, 0.15) is 31.0 Å². The van der Waals surface area contributed by atoms with Crippen molar-refractivity contribution in [1.82, 2.24) is 15.0 Å². The summed E-state index contributed by atoms with van der Waals surface area (Å²) in [6.45, 7) is 3.94. The Morgan fingerprint density at radius 3 is 2.79 bits per heavy atom. The Morgan fingerprint density at radius 1 is 1.21 bits per heavy atom. The molecule has 28 heavy (non-hydrogen) atoms. The maximum absolute atomic E-state index is 9.49. The predicted molar refractivity (Wildman–Crippen MR) is 112 cm³/mol. The normalized spacial score (nSPS) is 14.8. The van der Waals surface area contributed by atoms with E-state index in [0.29, 0.717) is 16.6 Å². The van der Waals surface area contributed by atoms with E-state index in [9.17, 15) is 5.26 Å². The first kappa shape index (κ1) is 18.5. The highest BCUT2D eigenvalue weighted by Gasteiger charge is 2.21. The zero-order valence-corrected chi connectivity index (χ0v) is 16.4. The second-order valence-electron chi connectivity index (χ2n) is 6.96. The van der Waals surface area contributed by atoms with Gasteiger partial charge in [-0.25, -0.2) is 15.0 Å². The number of nitriles is 1. The number of hydrogen-bond acceptors (Lipinski definition) is 6. The molecule has 1 N–H and O–H groups in total. The molecule has 0 saturated carbocycles. The molecule has 0 spiro atoms. The van der Waals surface area contributed by atoms with Crippen LogP contribution in [0, 0.1) is 11.3 Å². The van der Waals surface area contributed by atoms with Crippen molar-refractivity contribution in [3.8, 4) is 6.07 Å². The van der Waals surface area contributed by atoms with E-state index in [-0.39, 0.29) is 0 Å². The molecule has 0 amide bonds. The molecular weight excluding hydrogens is 372 g/mol. The molecule has 2 aromatic heterocycles. The van der Waals surface area contributed by atoms with Gasteiger partial charge in [0.2, 0.25) is 0 Å². The topological polar surface area (TPSA) is 77.7 Å². The summed E-state index contributed by atoms with van der Waals surface area (Å²) in [5.41, 5.74) is 2.42. The van der Waals surface area contributed by atoms with Crippen LogP contribution in [0.3, 0.4) is 0 Å². The van der Waals surface area contributed by atoms with Crippen LogP contribution in [0.5, 0.6) is 0 Å². The van der Waals surface area contributed by atoms with Gasteiger partial charge < -0.3 is 10.2 Å². The largest absolute Gasteiger partial charge is 0.367 e. The van der Waals surface area contributed by atoms with E-state index in [1.165, 1.54) is 0 Å². The molecule has 1 aromatic carbocycles. The summed E-state index contributed by atoms with van der Waals surface area (Å²) in [6.07, 6.45) is 4.52. The van der Waals surface area contributed by atoms with Crippen molar-refractivity contribution in [2.24, 2.45) is 0 Å². The quantitative estimate of drug-likeness (QED) is 0.717. The van der Waals surface area contributed by atoms with Crippen LogP contribution in [0.25, 0.3) is 10.9 Å². The average Bonchev–Trinajstić information content (AvgIpc) is 2.74. The Bertz CT molecular complexity index is 1040. The maximum atomic E-state index is 9.49. The standard InChI is InChI=1S/C21H21ClN6/c1-2-16-11-21(25-13-24-16)28-7-5-17(6-8-28)26-20-9-14(12-23)18-10-15(22)3-4-19(18)27-20/h3-4,9-11,13,17H,2,5-8H2,1H3,(H,26,27). The third-order valence-corrected chi connectivity index (χ3v) is 5.37. The molecule has 0 atom stereocenters. The van der Waals surface area contributed by atoms with Gasteiger partial charge in [-0.2, -0.15) is 5.26 Å². The zero-order valence-electron chi connectivity index (χ0n) is 15.7. The highest BCUT2D eigenvalue weighted by Crippen LogP contribution is 2.26. The van der Waals surface area contributed by atoms with E-state index in [2.05, 4.69) is 44.2 Å². The lowest BCUT2D eigenvalue weighted by atomic mass is 10.0. The van der Waals surface area contributed by atoms with Crippen LogP contribution in [0.4, 0.5) is 11.6 Å². The molecule has 1 aliphatic heterocycles. The lowest BCUT2D eigenvalue weighted by molar-refractivity contribution is 0.522. The summed E-state index contributed by atoms with van der Waals surface area (Å²) in [5.74, 6) is 1.73. The molecule has 0 radical (unpaired) electrons. The van der Waals surface area contributed by atoms with E-state index >= 15 is 0 Å². The Hall–Kier alpha value is -2.91. The van der Waals surface area contributed by atoms with Crippen LogP contribution in [0.2, 0.25) is 5.02 Å². The van der Waals surface area contributed by atoms with E-state index < -0.39 is 0 Å². The van der Waals surface area contributed by atoms with Gasteiger partial charge in [-0.15, -0.1) is 0 Å². The minimum atomic E-state index is 0.313. The van der Waals surface area contributed by atoms with Crippen molar-refractivity contribution in [2.75, 3.05) is 23.3 Å². The number of rotatable bonds is 4. The third-order valence-electron chi connectivity index (χ3n) is 5.13. The van der Waals surface area contributed by atoms with Gasteiger partial charge in [-0.1, -0.05) is 18.5 Å². The van der Waals surface area contributed by atoms with Crippen LogP contribution in [0.15, 0.2) is 36.7 Å². The number of benzene rings is 1. The summed E-state index contributed by atoms with van der Waals surface area (Å²) in [4.78, 5) is 15.7. The summed E-state index contributed by atoms with van der Waals surface area (Å²) < 4.78 is 0. The Labute approximate surface area is 169 Å². The highest BCUT2D eigenvalue weighted by atomic mass is 35.5. The van der Waals surface area contributed by atoms with Crippen LogP contribution in [-0.4, -0.2) is 34.1 Å². The second kappa shape index (κ2) is 7.99. The zero-order chi connectivity index (χ0) is 19.5. The molecule has 0 unspecified atom stereocenters. The Morgan fingerprint density at radius 2 is 2.04 bits per heavy atom. The number of hydrogen-bond donors (Lipinski definition) is 1. The Balaban J connectivity index is 1.46. The number of piperidine rings is 1. The first-order valence-corrected chi connectivity index (χ1v) is 9.87. The smallest absolute Gasteiger partial charge is 0.132 e. The number of fused-ring (bicyclic) bond motifs is 1. The van der Waals surface area contributed by atoms with Gasteiger partial charge in [0.1, 0.15) is 18.0 Å². The predicted octanol–water partition coefficient (Wildman–Crippen LogP) is 4.19. The van der Waals surface area contributed by atoms with Crippen molar-refractivity contribution in [3.63, 3.8) is 0 Å². The number of aryl methyl sites for hydroxylation is 1. The van der Waals surface area contributed by atoms with Crippen LogP contribution in [-0.2, 0) is 6.42 Å². The van der Waals surface area contributed by atoms with Gasteiger partial charge in [0.25, 0.3) is 0 Å². The van der Waals surface area contributed by atoms with Crippen molar-refractivity contribution >= 4 is 34.1 Å². The maximum Gasteiger partial charge on any atom is 0.132 e. The van der Waals surface area contributed by atoms with Gasteiger partial charge in [0.05, 0.1) is 17.1 Å². The fourth-order valence-corrected chi connectivity index (χ4v) is 3.75. The second-order valence-corrected chi connectivity index (χ2v) is 7.39. The van der Waals surface area contributed by atoms with E-state index in [1.807, 2.05) is 12.1 Å². The molecule has 142 valence electrons. The highest BCUT2D eigenvalue weighted by molar-refractivity contribution is 6.31. The van der Waals surface area contributed by atoms with Gasteiger partial charge in [-0.3, -0.25) is 0 Å². The van der Waals surface area contributed by atoms with E-state index in [1.54, 1.807) is 18.5 Å². The molecule has 3 heterocycles. The van der Waals surface area contributed by atoms with Gasteiger partial charge in [0.15, 0.2) is 0 Å². The lowest BCUT2D eigenvalue weighted by Gasteiger charge is -2.33. The minimum Gasteiger partial charge on any atom is -0.367 e. The average molecular weight is 393 g/mol. The van der Waals surface area contributed by atoms with Crippen LogP contribution >= 0.6 is 11.6 Å². The summed E-state index contributed by atoms with van der Waals surface area (Å²) >= 11 is 6.06. The summed E-state index contributed by atoms with van der Waals surface area (Å²) in [7, 11) is 0. The summed E-state index contributed by atoms with van der Waals surface area (Å²) in [5, 5.41) is 14.4. The van der Waals surface area contributed by atoms with Gasteiger partial charge in [0, 0.05) is 41.3 Å². The Kier molecular flexibility index (Phi) is 5.27. The van der Waals surface area contributed by atoms with Gasteiger partial charge >= 0.3 is 0 Å². The molecule has 4 rings (SSSR count). The molecule has 3 aromatic rings. The van der Waals surface area contributed by atoms with E-state index in [4.69, 9.17) is 11.6 Å². The SMILES string of the molecule is CCc1cc(N2CCC(Nc3cc(C#N)c4cc(Cl)ccc4n3)CC2)ncn1. The number of aromatic nitrogens is 3. The van der Waals surface area contributed by atoms with Crippen molar-refractivity contribution in [1.29, 1.82) is 5.26 Å². The lowest BCUT2D eigenvalue weighted by Crippen LogP contribution is -2.39. The first-order valence-electron chi connectivity index (χ1n) is 9.49. The molecule has 6 nitrogen and oxygen atoms in total. The molecule has 1 fully saturated rings. The van der Waals surface area contributed by atoms with Crippen molar-refractivity contribution in [2.45, 2.75) is 32.2 Å². The number of nitrogens with zero attached hydrogens (tertiary/aromatic N) is 5. The van der Waals surface area contributed by atoms with E-state index in [0.717, 1.165) is 60.6 Å². The minimum absolute atomic E-state index is 0.313. The molecular formula is C21H21ClN6. The van der Waals surface area contributed by atoms with Crippen molar-refractivity contribution < 1.29 is 0 Å². The van der Waals surface area contributed by atoms with Crippen LogP contribution < -0.4 is 10.2 Å². The third kappa shape index (κ3) is 3.85. The number of anilines is 2. The number of pyridine rings is 1. The molecule has 1 saturated heterocycles. The van der Waals surface area contributed by atoms with Gasteiger partial charge in [-0.05, 0) is 43.5 Å². The molecule has 0 aliphatic carbocycles. The molecule has 1 aliphatic rings. The first-order chi connectivity index (χ1) is 13.7. The number of halogens is 1. The fourth-order valence-electron chi connectivity index (χ4n) is 3.58. The van der Waals surface area contributed by atoms with Crippen molar-refractivity contribution in [3.05, 3.63) is 52.9 Å².